The molecule has 0 saturated carbocycles. The lowest BCUT2D eigenvalue weighted by Crippen LogP contribution is -2.05. The van der Waals surface area contributed by atoms with Crippen LogP contribution in [0.4, 0.5) is 5.69 Å². The van der Waals surface area contributed by atoms with Crippen molar-refractivity contribution in [2.24, 2.45) is 0 Å². The van der Waals surface area contributed by atoms with Gasteiger partial charge in [0.15, 0.2) is 0 Å². The van der Waals surface area contributed by atoms with Crippen LogP contribution in [-0.2, 0) is 11.3 Å². The summed E-state index contributed by atoms with van der Waals surface area (Å²) in [6.45, 7) is 2.72. The summed E-state index contributed by atoms with van der Waals surface area (Å²) < 4.78 is 10.4. The third-order valence-corrected chi connectivity index (χ3v) is 2.62. The van der Waals surface area contributed by atoms with Crippen molar-refractivity contribution in [3.8, 4) is 0 Å². The summed E-state index contributed by atoms with van der Waals surface area (Å²) in [5, 5.41) is 3.38. The van der Waals surface area contributed by atoms with E-state index in [1.807, 2.05) is 24.3 Å². The molecule has 0 fully saturated rings. The molecule has 17 heavy (non-hydrogen) atoms. The fraction of sp³-hybridized carbons (Fsp3) is 0.286. The van der Waals surface area contributed by atoms with E-state index >= 15 is 0 Å². The zero-order chi connectivity index (χ0) is 12.1. The number of ether oxygens (including phenoxy) is 1. The Morgan fingerprint density at radius 2 is 2.00 bits per heavy atom. The van der Waals surface area contributed by atoms with Crippen molar-refractivity contribution in [1.29, 1.82) is 0 Å². The van der Waals surface area contributed by atoms with Crippen molar-refractivity contribution in [1.82, 2.24) is 0 Å². The van der Waals surface area contributed by atoms with Gasteiger partial charge in [-0.05, 0) is 36.8 Å². The largest absolute Gasteiger partial charge is 0.467 e. The van der Waals surface area contributed by atoms with Crippen molar-refractivity contribution in [2.45, 2.75) is 19.6 Å². The molecule has 2 aromatic rings. The second kappa shape index (κ2) is 5.55. The minimum absolute atomic E-state index is 0.165. The normalized spacial score (nSPS) is 12.4. The van der Waals surface area contributed by atoms with Crippen LogP contribution in [0.25, 0.3) is 0 Å². The van der Waals surface area contributed by atoms with E-state index in [-0.39, 0.29) is 6.04 Å². The minimum atomic E-state index is 0.165. The van der Waals surface area contributed by atoms with Gasteiger partial charge in [0.05, 0.1) is 18.9 Å². The van der Waals surface area contributed by atoms with Gasteiger partial charge in [-0.15, -0.1) is 0 Å². The number of anilines is 1. The van der Waals surface area contributed by atoms with Crippen LogP contribution in [0.15, 0.2) is 47.1 Å². The first-order valence-electron chi connectivity index (χ1n) is 5.67. The molecule has 0 aliphatic heterocycles. The molecule has 3 heteroatoms. The molecule has 3 nitrogen and oxygen atoms in total. The van der Waals surface area contributed by atoms with E-state index < -0.39 is 0 Å². The maximum atomic E-state index is 5.35. The van der Waals surface area contributed by atoms with Crippen LogP contribution in [0.3, 0.4) is 0 Å². The van der Waals surface area contributed by atoms with Gasteiger partial charge in [-0.1, -0.05) is 12.1 Å². The average Bonchev–Trinajstić information content (AvgIpc) is 2.86. The highest BCUT2D eigenvalue weighted by atomic mass is 16.5. The van der Waals surface area contributed by atoms with Crippen LogP contribution in [0, 0.1) is 0 Å². The van der Waals surface area contributed by atoms with Gasteiger partial charge in [-0.3, -0.25) is 0 Å². The molecule has 1 N–H and O–H groups in total. The van der Waals surface area contributed by atoms with E-state index in [9.17, 15) is 0 Å². The molecular formula is C14H17NO2. The van der Waals surface area contributed by atoms with E-state index in [0.717, 1.165) is 11.4 Å². The van der Waals surface area contributed by atoms with Crippen molar-refractivity contribution in [3.05, 3.63) is 54.0 Å². The van der Waals surface area contributed by atoms with Crippen molar-refractivity contribution in [2.75, 3.05) is 12.4 Å². The molecular weight excluding hydrogens is 214 g/mol. The van der Waals surface area contributed by atoms with Crippen molar-refractivity contribution >= 4 is 5.69 Å². The molecule has 1 unspecified atom stereocenters. The lowest BCUT2D eigenvalue weighted by molar-refractivity contribution is 0.185. The van der Waals surface area contributed by atoms with E-state index in [0.29, 0.717) is 6.61 Å². The van der Waals surface area contributed by atoms with Gasteiger partial charge in [0.2, 0.25) is 0 Å². The Balaban J connectivity index is 1.99. The molecule has 2 rings (SSSR count). The van der Waals surface area contributed by atoms with Gasteiger partial charge in [0.25, 0.3) is 0 Å². The number of nitrogens with one attached hydrogen (secondary N) is 1. The van der Waals surface area contributed by atoms with Crippen LogP contribution < -0.4 is 5.32 Å². The van der Waals surface area contributed by atoms with Gasteiger partial charge in [-0.2, -0.15) is 0 Å². The van der Waals surface area contributed by atoms with Crippen molar-refractivity contribution in [3.63, 3.8) is 0 Å². The average molecular weight is 231 g/mol. The number of hydrogen-bond acceptors (Lipinski definition) is 3. The summed E-state index contributed by atoms with van der Waals surface area (Å²) in [7, 11) is 1.70. The van der Waals surface area contributed by atoms with Crippen LogP contribution >= 0.6 is 0 Å². The Morgan fingerprint density at radius 3 is 2.59 bits per heavy atom. The highest BCUT2D eigenvalue weighted by Crippen LogP contribution is 2.19. The highest BCUT2D eigenvalue weighted by Gasteiger charge is 2.07. The lowest BCUT2D eigenvalue weighted by atomic mass is 10.2. The maximum absolute atomic E-state index is 5.35. The monoisotopic (exact) mass is 231 g/mol. The summed E-state index contributed by atoms with van der Waals surface area (Å²) in [5.41, 5.74) is 2.25. The molecule has 0 aliphatic rings. The van der Waals surface area contributed by atoms with Crippen LogP contribution in [0.5, 0.6) is 0 Å². The Morgan fingerprint density at radius 1 is 1.24 bits per heavy atom. The molecule has 0 amide bonds. The molecule has 1 aromatic heterocycles. The lowest BCUT2D eigenvalue weighted by Gasteiger charge is -2.13. The third kappa shape index (κ3) is 3.11. The fourth-order valence-corrected chi connectivity index (χ4v) is 1.72. The maximum Gasteiger partial charge on any atom is 0.125 e. The highest BCUT2D eigenvalue weighted by molar-refractivity contribution is 5.45. The number of hydrogen-bond donors (Lipinski definition) is 1. The standard InChI is InChI=1S/C14H17NO2/c1-11(14-4-3-9-17-14)15-13-7-5-12(6-8-13)10-16-2/h3-9,11,15H,10H2,1-2H3. The van der Waals surface area contributed by atoms with Gasteiger partial charge in [0, 0.05) is 12.8 Å². The first-order chi connectivity index (χ1) is 8.29. The Kier molecular flexibility index (Phi) is 3.83. The van der Waals surface area contributed by atoms with E-state index in [4.69, 9.17) is 9.15 Å². The Labute approximate surface area is 101 Å². The van der Waals surface area contributed by atoms with E-state index in [2.05, 4.69) is 24.4 Å². The van der Waals surface area contributed by atoms with Crippen LogP contribution in [0.1, 0.15) is 24.3 Å². The minimum Gasteiger partial charge on any atom is -0.467 e. The molecule has 1 aromatic carbocycles. The zero-order valence-electron chi connectivity index (χ0n) is 10.1. The molecule has 1 heterocycles. The summed E-state index contributed by atoms with van der Waals surface area (Å²) in [6.07, 6.45) is 1.69. The van der Waals surface area contributed by atoms with Gasteiger partial charge >= 0.3 is 0 Å². The summed E-state index contributed by atoms with van der Waals surface area (Å²) in [4.78, 5) is 0. The number of rotatable bonds is 5. The number of benzene rings is 1. The third-order valence-electron chi connectivity index (χ3n) is 2.62. The van der Waals surface area contributed by atoms with Gasteiger partial charge in [-0.25, -0.2) is 0 Å². The number of methoxy groups -OCH3 is 1. The Hall–Kier alpha value is -1.74. The van der Waals surface area contributed by atoms with E-state index in [1.165, 1.54) is 5.56 Å². The number of furan rings is 1. The SMILES string of the molecule is COCc1ccc(NC(C)c2ccco2)cc1. The van der Waals surface area contributed by atoms with Gasteiger partial charge < -0.3 is 14.5 Å². The molecule has 0 saturated heterocycles. The molecule has 0 spiro atoms. The predicted molar refractivity (Wildman–Crippen MR) is 67.9 cm³/mol. The first kappa shape index (κ1) is 11.7. The topological polar surface area (TPSA) is 34.4 Å². The van der Waals surface area contributed by atoms with Gasteiger partial charge in [0.1, 0.15) is 5.76 Å². The summed E-state index contributed by atoms with van der Waals surface area (Å²) in [6, 6.07) is 12.2. The fourth-order valence-electron chi connectivity index (χ4n) is 1.72. The predicted octanol–water partition coefficient (Wildman–Crippen LogP) is 3.60. The first-order valence-corrected chi connectivity index (χ1v) is 5.67. The molecule has 1 atom stereocenters. The smallest absolute Gasteiger partial charge is 0.125 e. The molecule has 90 valence electrons. The van der Waals surface area contributed by atoms with E-state index in [1.54, 1.807) is 13.4 Å². The zero-order valence-corrected chi connectivity index (χ0v) is 10.1. The second-order valence-corrected chi connectivity index (χ2v) is 4.01. The quantitative estimate of drug-likeness (QED) is 0.853. The van der Waals surface area contributed by atoms with Crippen LogP contribution in [0.2, 0.25) is 0 Å². The second-order valence-electron chi connectivity index (χ2n) is 4.01. The summed E-state index contributed by atoms with van der Waals surface area (Å²) >= 11 is 0. The molecule has 0 bridgehead atoms. The Bertz CT molecular complexity index is 434. The van der Waals surface area contributed by atoms with Crippen molar-refractivity contribution < 1.29 is 9.15 Å². The molecule has 0 aliphatic carbocycles. The van der Waals surface area contributed by atoms with Crippen LogP contribution in [-0.4, -0.2) is 7.11 Å². The molecule has 0 radical (unpaired) electrons. The summed E-state index contributed by atoms with van der Waals surface area (Å²) in [5.74, 6) is 0.936.